The van der Waals surface area contributed by atoms with Gasteiger partial charge in [-0.25, -0.2) is 0 Å². The van der Waals surface area contributed by atoms with Crippen LogP contribution in [-0.4, -0.2) is 29.4 Å². The molecule has 0 spiro atoms. The lowest BCUT2D eigenvalue weighted by atomic mass is 9.79. The van der Waals surface area contributed by atoms with Crippen molar-refractivity contribution in [2.45, 2.75) is 65.6 Å². The number of thioether (sulfide) groups is 1. The first-order valence-corrected chi connectivity index (χ1v) is 8.41. The van der Waals surface area contributed by atoms with Crippen LogP contribution in [0.25, 0.3) is 0 Å². The van der Waals surface area contributed by atoms with Crippen molar-refractivity contribution in [3.63, 3.8) is 0 Å². The minimum Gasteiger partial charge on any atom is -0.459 e. The first kappa shape index (κ1) is 16.8. The summed E-state index contributed by atoms with van der Waals surface area (Å²) in [5, 5.41) is 0. The monoisotopic (exact) mass is 288 g/mol. The summed E-state index contributed by atoms with van der Waals surface area (Å²) in [6, 6.07) is 0. The highest BCUT2D eigenvalue weighted by Crippen LogP contribution is 2.40. The van der Waals surface area contributed by atoms with Crippen molar-refractivity contribution in [2.24, 2.45) is 17.8 Å². The van der Waals surface area contributed by atoms with E-state index in [1.807, 2.05) is 0 Å². The molecule has 0 aliphatic carbocycles. The van der Waals surface area contributed by atoms with E-state index in [1.54, 1.807) is 11.8 Å². The second kappa shape index (κ2) is 7.53. The van der Waals surface area contributed by atoms with E-state index in [4.69, 9.17) is 9.47 Å². The molecule has 4 heteroatoms. The summed E-state index contributed by atoms with van der Waals surface area (Å²) in [4.78, 5) is 11.3. The van der Waals surface area contributed by atoms with Crippen LogP contribution in [0, 0.1) is 17.8 Å². The van der Waals surface area contributed by atoms with Gasteiger partial charge in [-0.3, -0.25) is 4.79 Å². The molecule has 1 saturated heterocycles. The molecule has 0 bridgehead atoms. The van der Waals surface area contributed by atoms with Crippen LogP contribution < -0.4 is 0 Å². The van der Waals surface area contributed by atoms with Crippen LogP contribution in [0.4, 0.5) is 0 Å². The van der Waals surface area contributed by atoms with E-state index in [2.05, 4.69) is 34.6 Å². The van der Waals surface area contributed by atoms with Crippen LogP contribution >= 0.6 is 11.8 Å². The van der Waals surface area contributed by atoms with E-state index in [1.165, 1.54) is 6.92 Å². The number of carbonyl (C=O) groups is 1. The molecule has 6 atom stereocenters. The molecule has 0 N–H and O–H groups in total. The van der Waals surface area contributed by atoms with Crippen molar-refractivity contribution in [3.8, 4) is 0 Å². The van der Waals surface area contributed by atoms with Crippen LogP contribution in [0.15, 0.2) is 0 Å². The second-order valence-electron chi connectivity index (χ2n) is 5.60. The molecule has 1 fully saturated rings. The lowest BCUT2D eigenvalue weighted by Gasteiger charge is -2.45. The molecule has 1 aliphatic heterocycles. The molecule has 1 rings (SSSR count). The van der Waals surface area contributed by atoms with E-state index in [9.17, 15) is 4.79 Å². The second-order valence-corrected chi connectivity index (χ2v) is 6.98. The highest BCUT2D eigenvalue weighted by Gasteiger charge is 2.44. The van der Waals surface area contributed by atoms with Crippen molar-refractivity contribution < 1.29 is 14.3 Å². The van der Waals surface area contributed by atoms with Crippen LogP contribution in [0.2, 0.25) is 0 Å². The molecule has 2 unspecified atom stereocenters. The first-order valence-electron chi connectivity index (χ1n) is 7.36. The summed E-state index contributed by atoms with van der Waals surface area (Å²) in [6.45, 7) is 12.4. The third-order valence-corrected chi connectivity index (χ3v) is 5.30. The normalized spacial score (nSPS) is 36.8. The molecule has 0 saturated carbocycles. The molecule has 0 amide bonds. The number of ether oxygens (including phenoxy) is 2. The van der Waals surface area contributed by atoms with Crippen LogP contribution in [0.1, 0.15) is 48.0 Å². The summed E-state index contributed by atoms with van der Waals surface area (Å²) in [5.74, 6) is 2.04. The van der Waals surface area contributed by atoms with Gasteiger partial charge in [0, 0.05) is 12.8 Å². The quantitative estimate of drug-likeness (QED) is 0.722. The van der Waals surface area contributed by atoms with Gasteiger partial charge in [-0.15, -0.1) is 11.8 Å². The Hall–Kier alpha value is -0.220. The molecule has 112 valence electrons. The zero-order chi connectivity index (χ0) is 14.6. The van der Waals surface area contributed by atoms with Crippen LogP contribution in [0.3, 0.4) is 0 Å². The smallest absolute Gasteiger partial charge is 0.303 e. The van der Waals surface area contributed by atoms with Gasteiger partial charge in [0.05, 0.1) is 6.10 Å². The van der Waals surface area contributed by atoms with Gasteiger partial charge in [-0.05, 0) is 17.6 Å². The van der Waals surface area contributed by atoms with Gasteiger partial charge in [0.2, 0.25) is 0 Å². The number of carbonyl (C=O) groups excluding carboxylic acids is 1. The third-order valence-electron chi connectivity index (χ3n) is 4.26. The Morgan fingerprint density at radius 2 is 1.95 bits per heavy atom. The maximum absolute atomic E-state index is 11.3. The molecule has 1 aliphatic rings. The Kier molecular flexibility index (Phi) is 6.67. The summed E-state index contributed by atoms with van der Waals surface area (Å²) < 4.78 is 11.8. The van der Waals surface area contributed by atoms with Crippen molar-refractivity contribution in [2.75, 3.05) is 5.75 Å². The number of rotatable bonds is 5. The fourth-order valence-electron chi connectivity index (χ4n) is 2.74. The lowest BCUT2D eigenvalue weighted by molar-refractivity contribution is -0.182. The summed E-state index contributed by atoms with van der Waals surface area (Å²) in [6.07, 6.45) is 1.25. The number of hydrogen-bond donors (Lipinski definition) is 0. The van der Waals surface area contributed by atoms with Gasteiger partial charge in [-0.2, -0.15) is 0 Å². The fraction of sp³-hybridized carbons (Fsp3) is 0.933. The van der Waals surface area contributed by atoms with E-state index < -0.39 is 0 Å². The van der Waals surface area contributed by atoms with Gasteiger partial charge in [0.15, 0.2) is 0 Å². The standard InChI is InChI=1S/C15H28O3S/c1-7-9(3)13-10(4)11(5)14(17-12(6)16)15(18-13)19-8-2/h9-11,13-15H,7-8H2,1-6H3/t9-,10+,11+,13?,14?,15-/m1/s1. The van der Waals surface area contributed by atoms with E-state index in [0.717, 1.165) is 12.2 Å². The Morgan fingerprint density at radius 3 is 2.42 bits per heavy atom. The molecular formula is C15H28O3S. The van der Waals surface area contributed by atoms with Crippen molar-refractivity contribution in [1.82, 2.24) is 0 Å². The SMILES string of the molecule is CCS[C@H]1OC([C@H](C)CC)[C@@H](C)[C@H](C)C1OC(C)=O. The minimum absolute atomic E-state index is 0.0286. The van der Waals surface area contributed by atoms with Crippen molar-refractivity contribution >= 4 is 17.7 Å². The van der Waals surface area contributed by atoms with E-state index in [-0.39, 0.29) is 23.6 Å². The van der Waals surface area contributed by atoms with Crippen LogP contribution in [-0.2, 0) is 14.3 Å². The summed E-state index contributed by atoms with van der Waals surface area (Å²) >= 11 is 1.74. The maximum Gasteiger partial charge on any atom is 0.303 e. The first-order chi connectivity index (χ1) is 8.92. The highest BCUT2D eigenvalue weighted by molar-refractivity contribution is 7.99. The van der Waals surface area contributed by atoms with Gasteiger partial charge >= 0.3 is 5.97 Å². The predicted molar refractivity (Wildman–Crippen MR) is 80.1 cm³/mol. The molecule has 0 aromatic heterocycles. The Bertz CT molecular complexity index is 295. The maximum atomic E-state index is 11.3. The number of esters is 1. The predicted octanol–water partition coefficient (Wildman–Crippen LogP) is 3.71. The van der Waals surface area contributed by atoms with E-state index >= 15 is 0 Å². The zero-order valence-electron chi connectivity index (χ0n) is 13.0. The number of hydrogen-bond acceptors (Lipinski definition) is 4. The van der Waals surface area contributed by atoms with Gasteiger partial charge < -0.3 is 9.47 Å². The Balaban J connectivity index is 2.86. The highest BCUT2D eigenvalue weighted by atomic mass is 32.2. The van der Waals surface area contributed by atoms with Gasteiger partial charge in [0.1, 0.15) is 11.5 Å². The molecular weight excluding hydrogens is 260 g/mol. The molecule has 1 heterocycles. The topological polar surface area (TPSA) is 35.5 Å². The third kappa shape index (κ3) is 4.12. The average Bonchev–Trinajstić information content (AvgIpc) is 2.37. The van der Waals surface area contributed by atoms with Gasteiger partial charge in [-0.1, -0.05) is 41.0 Å². The van der Waals surface area contributed by atoms with Gasteiger partial charge in [0.25, 0.3) is 0 Å². The van der Waals surface area contributed by atoms with Crippen molar-refractivity contribution in [1.29, 1.82) is 0 Å². The van der Waals surface area contributed by atoms with Crippen molar-refractivity contribution in [3.05, 3.63) is 0 Å². The van der Waals surface area contributed by atoms with Crippen LogP contribution in [0.5, 0.6) is 0 Å². The molecule has 0 aromatic carbocycles. The molecule has 3 nitrogen and oxygen atoms in total. The fourth-order valence-corrected chi connectivity index (χ4v) is 3.77. The molecule has 0 radical (unpaired) electrons. The summed E-state index contributed by atoms with van der Waals surface area (Å²) in [7, 11) is 0. The largest absolute Gasteiger partial charge is 0.459 e. The minimum atomic E-state index is -0.212. The average molecular weight is 288 g/mol. The lowest BCUT2D eigenvalue weighted by Crippen LogP contribution is -2.51. The van der Waals surface area contributed by atoms with E-state index in [0.29, 0.717) is 17.8 Å². The zero-order valence-corrected chi connectivity index (χ0v) is 13.8. The molecule has 0 aromatic rings. The summed E-state index contributed by atoms with van der Waals surface area (Å²) in [5.41, 5.74) is -0.0286. The Morgan fingerprint density at radius 1 is 1.32 bits per heavy atom. The molecule has 19 heavy (non-hydrogen) atoms. The Labute approximate surface area is 121 Å².